The summed E-state index contributed by atoms with van der Waals surface area (Å²) >= 11 is 0. The number of ether oxygens (including phenoxy) is 1. The molecule has 1 aliphatic rings. The molecule has 0 aliphatic carbocycles. The van der Waals surface area contributed by atoms with E-state index >= 15 is 0 Å². The molecular weight excluding hydrogens is 176 g/mol. The minimum absolute atomic E-state index is 0.201. The van der Waals surface area contributed by atoms with Gasteiger partial charge in [0.05, 0.1) is 6.61 Å². The normalized spacial score (nSPS) is 30.2. The van der Waals surface area contributed by atoms with Crippen LogP contribution in [0.25, 0.3) is 0 Å². The Morgan fingerprint density at radius 1 is 1.57 bits per heavy atom. The van der Waals surface area contributed by atoms with E-state index in [9.17, 15) is 0 Å². The Morgan fingerprint density at radius 2 is 2.36 bits per heavy atom. The molecular formula is C11H24N2O. The highest BCUT2D eigenvalue weighted by atomic mass is 16.5. The third kappa shape index (κ3) is 3.95. The Balaban J connectivity index is 2.15. The number of nitrogens with two attached hydrogens (primary N) is 1. The molecule has 0 bridgehead atoms. The van der Waals surface area contributed by atoms with Crippen LogP contribution in [0.4, 0.5) is 0 Å². The highest BCUT2D eigenvalue weighted by molar-refractivity contribution is 4.85. The summed E-state index contributed by atoms with van der Waals surface area (Å²) in [7, 11) is 0. The molecule has 14 heavy (non-hydrogen) atoms. The van der Waals surface area contributed by atoms with E-state index in [4.69, 9.17) is 10.5 Å². The molecule has 0 saturated carbocycles. The van der Waals surface area contributed by atoms with Gasteiger partial charge in [-0.3, -0.25) is 0 Å². The van der Waals surface area contributed by atoms with Crippen molar-refractivity contribution >= 4 is 0 Å². The fourth-order valence-corrected chi connectivity index (χ4v) is 1.81. The molecule has 3 nitrogen and oxygen atoms in total. The fourth-order valence-electron chi connectivity index (χ4n) is 1.81. The van der Waals surface area contributed by atoms with Gasteiger partial charge in [-0.05, 0) is 45.2 Å². The Kier molecular flexibility index (Phi) is 4.85. The minimum atomic E-state index is 0.201. The topological polar surface area (TPSA) is 47.3 Å². The molecule has 0 aromatic heterocycles. The van der Waals surface area contributed by atoms with E-state index in [2.05, 4.69) is 19.2 Å². The second-order valence-electron chi connectivity index (χ2n) is 4.77. The predicted octanol–water partition coefficient (Wildman–Crippen LogP) is 1.13. The molecule has 3 heteroatoms. The van der Waals surface area contributed by atoms with Crippen LogP contribution in [0.5, 0.6) is 0 Å². The lowest BCUT2D eigenvalue weighted by Crippen LogP contribution is -2.49. The molecule has 2 atom stereocenters. The number of nitrogens with one attached hydrogen (secondary N) is 1. The monoisotopic (exact) mass is 200 g/mol. The Labute approximate surface area is 87.4 Å². The lowest BCUT2D eigenvalue weighted by atomic mass is 9.94. The number of hydrogen-bond acceptors (Lipinski definition) is 3. The molecule has 1 saturated heterocycles. The molecule has 84 valence electrons. The predicted molar refractivity (Wildman–Crippen MR) is 59.3 cm³/mol. The molecule has 0 amide bonds. The van der Waals surface area contributed by atoms with Gasteiger partial charge in [0.2, 0.25) is 0 Å². The fraction of sp³-hybridized carbons (Fsp3) is 1.00. The maximum Gasteiger partial charge on any atom is 0.0645 e. The van der Waals surface area contributed by atoms with Crippen LogP contribution in [0.1, 0.15) is 33.1 Å². The van der Waals surface area contributed by atoms with E-state index in [1.807, 2.05) is 0 Å². The van der Waals surface area contributed by atoms with Crippen LogP contribution in [0.2, 0.25) is 0 Å². The SMILES string of the molecule is CC(CN)CCNC1(C)CCCOC1. The smallest absolute Gasteiger partial charge is 0.0645 e. The summed E-state index contributed by atoms with van der Waals surface area (Å²) in [6, 6.07) is 0. The van der Waals surface area contributed by atoms with Gasteiger partial charge in [0.1, 0.15) is 0 Å². The van der Waals surface area contributed by atoms with E-state index in [0.29, 0.717) is 5.92 Å². The third-order valence-corrected chi connectivity index (χ3v) is 3.03. The summed E-state index contributed by atoms with van der Waals surface area (Å²) in [5.41, 5.74) is 5.77. The summed E-state index contributed by atoms with van der Waals surface area (Å²) in [5, 5.41) is 3.58. The molecule has 1 aliphatic heterocycles. The Morgan fingerprint density at radius 3 is 2.93 bits per heavy atom. The molecule has 2 unspecified atom stereocenters. The van der Waals surface area contributed by atoms with Crippen LogP contribution in [-0.4, -0.2) is 31.8 Å². The summed E-state index contributed by atoms with van der Waals surface area (Å²) in [4.78, 5) is 0. The zero-order valence-electron chi connectivity index (χ0n) is 9.51. The quantitative estimate of drug-likeness (QED) is 0.699. The first kappa shape index (κ1) is 12.0. The first-order chi connectivity index (χ1) is 6.66. The maximum atomic E-state index is 5.57. The van der Waals surface area contributed by atoms with Crippen molar-refractivity contribution in [3.05, 3.63) is 0 Å². The van der Waals surface area contributed by atoms with Crippen LogP contribution in [-0.2, 0) is 4.74 Å². The van der Waals surface area contributed by atoms with Gasteiger partial charge in [-0.1, -0.05) is 6.92 Å². The summed E-state index contributed by atoms with van der Waals surface area (Å²) in [6.07, 6.45) is 3.56. The van der Waals surface area contributed by atoms with Crippen molar-refractivity contribution in [1.82, 2.24) is 5.32 Å². The van der Waals surface area contributed by atoms with Gasteiger partial charge in [-0.25, -0.2) is 0 Å². The average molecular weight is 200 g/mol. The molecule has 0 radical (unpaired) electrons. The van der Waals surface area contributed by atoms with Crippen LogP contribution >= 0.6 is 0 Å². The van der Waals surface area contributed by atoms with Gasteiger partial charge in [-0.15, -0.1) is 0 Å². The van der Waals surface area contributed by atoms with Crippen molar-refractivity contribution in [2.75, 3.05) is 26.3 Å². The van der Waals surface area contributed by atoms with Crippen LogP contribution in [0.3, 0.4) is 0 Å². The van der Waals surface area contributed by atoms with Crippen LogP contribution in [0, 0.1) is 5.92 Å². The average Bonchev–Trinajstić information content (AvgIpc) is 2.18. The van der Waals surface area contributed by atoms with Gasteiger partial charge >= 0.3 is 0 Å². The van der Waals surface area contributed by atoms with Crippen molar-refractivity contribution in [2.45, 2.75) is 38.6 Å². The zero-order valence-corrected chi connectivity index (χ0v) is 9.51. The third-order valence-electron chi connectivity index (χ3n) is 3.03. The van der Waals surface area contributed by atoms with E-state index < -0.39 is 0 Å². The summed E-state index contributed by atoms with van der Waals surface area (Å²) in [6.45, 7) is 8.06. The molecule has 3 N–H and O–H groups in total. The number of rotatable bonds is 5. The van der Waals surface area contributed by atoms with Crippen molar-refractivity contribution in [1.29, 1.82) is 0 Å². The van der Waals surface area contributed by atoms with Crippen LogP contribution in [0.15, 0.2) is 0 Å². The lowest BCUT2D eigenvalue weighted by Gasteiger charge is -2.34. The molecule has 0 aromatic rings. The second kappa shape index (κ2) is 5.69. The molecule has 1 fully saturated rings. The van der Waals surface area contributed by atoms with Crippen molar-refractivity contribution < 1.29 is 4.74 Å². The van der Waals surface area contributed by atoms with Crippen molar-refractivity contribution in [2.24, 2.45) is 11.7 Å². The summed E-state index contributed by atoms with van der Waals surface area (Å²) in [5.74, 6) is 0.621. The molecule has 1 heterocycles. The largest absolute Gasteiger partial charge is 0.380 e. The zero-order chi connectivity index (χ0) is 10.4. The molecule has 1 rings (SSSR count). The van der Waals surface area contributed by atoms with Crippen molar-refractivity contribution in [3.63, 3.8) is 0 Å². The Bertz CT molecular complexity index is 155. The van der Waals surface area contributed by atoms with Gasteiger partial charge in [0.25, 0.3) is 0 Å². The minimum Gasteiger partial charge on any atom is -0.380 e. The van der Waals surface area contributed by atoms with Gasteiger partial charge in [0.15, 0.2) is 0 Å². The second-order valence-corrected chi connectivity index (χ2v) is 4.77. The highest BCUT2D eigenvalue weighted by Gasteiger charge is 2.26. The molecule has 0 aromatic carbocycles. The standard InChI is InChI=1S/C11H24N2O/c1-10(8-12)4-6-13-11(2)5-3-7-14-9-11/h10,13H,3-9,12H2,1-2H3. The van der Waals surface area contributed by atoms with E-state index in [1.54, 1.807) is 0 Å². The van der Waals surface area contributed by atoms with E-state index in [-0.39, 0.29) is 5.54 Å². The molecule has 0 spiro atoms. The Hall–Kier alpha value is -0.120. The lowest BCUT2D eigenvalue weighted by molar-refractivity contribution is 0.0282. The highest BCUT2D eigenvalue weighted by Crippen LogP contribution is 2.18. The van der Waals surface area contributed by atoms with Gasteiger partial charge in [0, 0.05) is 12.1 Å². The first-order valence-corrected chi connectivity index (χ1v) is 5.69. The summed E-state index contributed by atoms with van der Waals surface area (Å²) < 4.78 is 5.48. The van der Waals surface area contributed by atoms with Crippen molar-refractivity contribution in [3.8, 4) is 0 Å². The maximum absolute atomic E-state index is 5.57. The number of hydrogen-bond donors (Lipinski definition) is 2. The van der Waals surface area contributed by atoms with Crippen LogP contribution < -0.4 is 11.1 Å². The van der Waals surface area contributed by atoms with E-state index in [0.717, 1.165) is 32.7 Å². The van der Waals surface area contributed by atoms with Gasteiger partial charge in [-0.2, -0.15) is 0 Å². The van der Waals surface area contributed by atoms with Gasteiger partial charge < -0.3 is 15.8 Å². The first-order valence-electron chi connectivity index (χ1n) is 5.69. The van der Waals surface area contributed by atoms with E-state index in [1.165, 1.54) is 12.8 Å².